The first-order valence-electron chi connectivity index (χ1n) is 9.57. The van der Waals surface area contributed by atoms with Crippen LogP contribution in [0, 0.1) is 23.7 Å². The van der Waals surface area contributed by atoms with Gasteiger partial charge in [-0.25, -0.2) is 0 Å². The highest BCUT2D eigenvalue weighted by molar-refractivity contribution is 6.32. The van der Waals surface area contributed by atoms with Crippen LogP contribution in [0.1, 0.15) is 45.1 Å². The Bertz CT molecular complexity index is 752. The molecule has 0 aromatic heterocycles. The van der Waals surface area contributed by atoms with Crippen molar-refractivity contribution < 1.29 is 5.11 Å². The molecule has 0 spiro atoms. The lowest BCUT2D eigenvalue weighted by Gasteiger charge is -2.52. The van der Waals surface area contributed by atoms with E-state index in [0.717, 1.165) is 41.9 Å². The second-order valence-corrected chi connectivity index (χ2v) is 8.77. The molecule has 2 heteroatoms. The smallest absolute Gasteiger partial charge is 0.0970 e. The van der Waals surface area contributed by atoms with Gasteiger partial charge in [-0.1, -0.05) is 67.9 Å². The van der Waals surface area contributed by atoms with E-state index in [-0.39, 0.29) is 5.92 Å². The van der Waals surface area contributed by atoms with E-state index in [0.29, 0.717) is 16.9 Å². The summed E-state index contributed by atoms with van der Waals surface area (Å²) in [6.45, 7) is 4.55. The van der Waals surface area contributed by atoms with Crippen LogP contribution in [0.3, 0.4) is 0 Å². The lowest BCUT2D eigenvalue weighted by Crippen LogP contribution is -2.50. The number of fused-ring (bicyclic) bond motifs is 2. The molecule has 0 radical (unpaired) electrons. The minimum atomic E-state index is -0.839. The predicted octanol–water partition coefficient (Wildman–Crippen LogP) is 6.29. The van der Waals surface area contributed by atoms with Crippen molar-refractivity contribution >= 4 is 11.6 Å². The van der Waals surface area contributed by atoms with Gasteiger partial charge in [0.05, 0.1) is 5.60 Å². The van der Waals surface area contributed by atoms with Crippen molar-refractivity contribution in [1.82, 2.24) is 0 Å². The molecule has 5 atom stereocenters. The van der Waals surface area contributed by atoms with E-state index in [2.05, 4.69) is 32.0 Å². The fourth-order valence-electron chi connectivity index (χ4n) is 5.62. The van der Waals surface area contributed by atoms with Crippen molar-refractivity contribution in [1.29, 1.82) is 0 Å². The molecule has 5 unspecified atom stereocenters. The van der Waals surface area contributed by atoms with Gasteiger partial charge in [0, 0.05) is 10.6 Å². The zero-order valence-corrected chi connectivity index (χ0v) is 15.8. The molecule has 0 aliphatic heterocycles. The van der Waals surface area contributed by atoms with Crippen LogP contribution in [0.5, 0.6) is 0 Å². The van der Waals surface area contributed by atoms with E-state index >= 15 is 0 Å². The maximum Gasteiger partial charge on any atom is 0.0970 e. The SMILES string of the molecule is CC1CC2CC(C)C(O)(c3c(Cl)cccc3-c3ccccc3)C(C1)C2. The third kappa shape index (κ3) is 2.82. The maximum absolute atomic E-state index is 12.1. The summed E-state index contributed by atoms with van der Waals surface area (Å²) in [5, 5.41) is 12.8. The Morgan fingerprint density at radius 3 is 2.44 bits per heavy atom. The summed E-state index contributed by atoms with van der Waals surface area (Å²) < 4.78 is 0. The lowest BCUT2D eigenvalue weighted by atomic mass is 9.55. The number of hydrogen-bond acceptors (Lipinski definition) is 1. The van der Waals surface area contributed by atoms with Gasteiger partial charge in [0.1, 0.15) is 0 Å². The lowest BCUT2D eigenvalue weighted by molar-refractivity contribution is -0.132. The molecule has 25 heavy (non-hydrogen) atoms. The summed E-state index contributed by atoms with van der Waals surface area (Å²) in [4.78, 5) is 0. The fraction of sp³-hybridized carbons (Fsp3) is 0.478. The Kier molecular flexibility index (Phi) is 4.42. The number of rotatable bonds is 2. The average Bonchev–Trinajstić information content (AvgIpc) is 2.60. The van der Waals surface area contributed by atoms with Crippen molar-refractivity contribution in [2.45, 2.75) is 45.1 Å². The van der Waals surface area contributed by atoms with Crippen LogP contribution in [0.4, 0.5) is 0 Å². The molecule has 0 amide bonds. The van der Waals surface area contributed by atoms with Crippen molar-refractivity contribution in [3.8, 4) is 11.1 Å². The Labute approximate surface area is 156 Å². The van der Waals surface area contributed by atoms with Gasteiger partial charge in [-0.05, 0) is 66.5 Å². The number of benzene rings is 2. The molecule has 2 bridgehead atoms. The molecule has 0 saturated heterocycles. The first-order valence-corrected chi connectivity index (χ1v) is 9.94. The van der Waals surface area contributed by atoms with Crippen LogP contribution in [0.15, 0.2) is 48.5 Å². The van der Waals surface area contributed by atoms with E-state index in [4.69, 9.17) is 11.6 Å². The molecule has 0 heterocycles. The normalized spacial score (nSPS) is 34.7. The van der Waals surface area contributed by atoms with Crippen LogP contribution >= 0.6 is 11.6 Å². The third-order valence-corrected chi connectivity index (χ3v) is 6.91. The molecule has 2 aromatic carbocycles. The Balaban J connectivity index is 1.88. The van der Waals surface area contributed by atoms with E-state index in [1.54, 1.807) is 0 Å². The number of hydrogen-bond donors (Lipinski definition) is 1. The molecule has 1 nitrogen and oxygen atoms in total. The summed E-state index contributed by atoms with van der Waals surface area (Å²) >= 11 is 6.72. The largest absolute Gasteiger partial charge is 0.385 e. The summed E-state index contributed by atoms with van der Waals surface area (Å²) in [5.74, 6) is 1.97. The monoisotopic (exact) mass is 354 g/mol. The van der Waals surface area contributed by atoms with Crippen LogP contribution in [-0.2, 0) is 5.60 Å². The van der Waals surface area contributed by atoms with E-state index in [1.165, 1.54) is 6.42 Å². The van der Waals surface area contributed by atoms with Crippen molar-refractivity contribution in [3.05, 3.63) is 59.1 Å². The highest BCUT2D eigenvalue weighted by Crippen LogP contribution is 2.57. The van der Waals surface area contributed by atoms with Gasteiger partial charge in [-0.15, -0.1) is 0 Å². The molecular formula is C23H27ClO. The van der Waals surface area contributed by atoms with Crippen molar-refractivity contribution in [2.24, 2.45) is 23.7 Å². The molecule has 2 aliphatic carbocycles. The topological polar surface area (TPSA) is 20.2 Å². The molecule has 2 aromatic rings. The van der Waals surface area contributed by atoms with E-state index in [9.17, 15) is 5.11 Å². The van der Waals surface area contributed by atoms with Gasteiger partial charge in [0.2, 0.25) is 0 Å². The van der Waals surface area contributed by atoms with Crippen molar-refractivity contribution in [2.75, 3.05) is 0 Å². The minimum Gasteiger partial charge on any atom is -0.385 e. The minimum absolute atomic E-state index is 0.228. The molecular weight excluding hydrogens is 328 g/mol. The molecule has 2 fully saturated rings. The zero-order valence-electron chi connectivity index (χ0n) is 15.1. The number of aliphatic hydroxyl groups is 1. The second kappa shape index (κ2) is 6.45. The zero-order chi connectivity index (χ0) is 17.6. The fourth-order valence-corrected chi connectivity index (χ4v) is 5.95. The Hall–Kier alpha value is -1.31. The van der Waals surface area contributed by atoms with Gasteiger partial charge in [0.25, 0.3) is 0 Å². The van der Waals surface area contributed by atoms with E-state index in [1.807, 2.05) is 30.3 Å². The van der Waals surface area contributed by atoms with Gasteiger partial charge in [0.15, 0.2) is 0 Å². The summed E-state index contributed by atoms with van der Waals surface area (Å²) in [6.07, 6.45) is 4.63. The van der Waals surface area contributed by atoms with Gasteiger partial charge < -0.3 is 5.11 Å². The number of halogens is 1. The van der Waals surface area contributed by atoms with Gasteiger partial charge >= 0.3 is 0 Å². The maximum atomic E-state index is 12.1. The quantitative estimate of drug-likeness (QED) is 0.672. The standard InChI is InChI=1S/C23H27ClO/c1-15-11-17-13-16(2)23(25,19(12-15)14-17)22-20(9-6-10-21(22)24)18-7-4-3-5-8-18/h3-10,15-17,19,25H,11-14H2,1-2H3. The van der Waals surface area contributed by atoms with Gasteiger partial charge in [-0.3, -0.25) is 0 Å². The highest BCUT2D eigenvalue weighted by atomic mass is 35.5. The van der Waals surface area contributed by atoms with E-state index < -0.39 is 5.60 Å². The summed E-state index contributed by atoms with van der Waals surface area (Å²) in [7, 11) is 0. The first kappa shape index (κ1) is 17.1. The molecule has 1 N–H and O–H groups in total. The summed E-state index contributed by atoms with van der Waals surface area (Å²) in [6, 6.07) is 16.4. The molecule has 132 valence electrons. The van der Waals surface area contributed by atoms with Crippen molar-refractivity contribution in [3.63, 3.8) is 0 Å². The Morgan fingerprint density at radius 1 is 0.920 bits per heavy atom. The molecule has 2 saturated carbocycles. The summed E-state index contributed by atoms with van der Waals surface area (Å²) in [5.41, 5.74) is 2.33. The average molecular weight is 355 g/mol. The van der Waals surface area contributed by atoms with Crippen LogP contribution in [-0.4, -0.2) is 5.11 Å². The Morgan fingerprint density at radius 2 is 1.68 bits per heavy atom. The highest BCUT2D eigenvalue weighted by Gasteiger charge is 2.52. The van der Waals surface area contributed by atoms with Gasteiger partial charge in [-0.2, -0.15) is 0 Å². The second-order valence-electron chi connectivity index (χ2n) is 8.37. The first-order chi connectivity index (χ1) is 12.0. The van der Waals surface area contributed by atoms with Crippen LogP contribution in [0.25, 0.3) is 11.1 Å². The molecule has 2 aliphatic rings. The van der Waals surface area contributed by atoms with Crippen LogP contribution in [0.2, 0.25) is 5.02 Å². The molecule has 4 rings (SSSR count). The van der Waals surface area contributed by atoms with Crippen LogP contribution < -0.4 is 0 Å². The predicted molar refractivity (Wildman–Crippen MR) is 105 cm³/mol. The third-order valence-electron chi connectivity index (χ3n) is 6.60.